The van der Waals surface area contributed by atoms with Crippen LogP contribution in [-0.2, 0) is 53.8 Å². The molecular formula is C32H35FN6O8. The Morgan fingerprint density at radius 1 is 1.23 bits per heavy atom. The molecule has 15 heteroatoms. The maximum Gasteiger partial charge on any atom is 0.343 e. The van der Waals surface area contributed by atoms with Gasteiger partial charge in [-0.3, -0.25) is 19.2 Å². The Morgan fingerprint density at radius 2 is 2.00 bits per heavy atom. The number of nitrogens with two attached hydrogens (primary N) is 1. The van der Waals surface area contributed by atoms with Gasteiger partial charge in [-0.15, -0.1) is 0 Å². The fourth-order valence-corrected chi connectivity index (χ4v) is 6.69. The Hall–Kier alpha value is -4.73. The van der Waals surface area contributed by atoms with Crippen LogP contribution in [0.2, 0.25) is 0 Å². The number of pyridine rings is 2. The van der Waals surface area contributed by atoms with Crippen molar-refractivity contribution in [1.29, 1.82) is 0 Å². The van der Waals surface area contributed by atoms with E-state index in [-0.39, 0.29) is 44.0 Å². The molecule has 0 fully saturated rings. The first kappa shape index (κ1) is 32.2. The largest absolute Gasteiger partial charge is 0.458 e. The van der Waals surface area contributed by atoms with Gasteiger partial charge in [0.1, 0.15) is 31.8 Å². The van der Waals surface area contributed by atoms with Crippen molar-refractivity contribution in [2.75, 3.05) is 19.9 Å². The summed E-state index contributed by atoms with van der Waals surface area (Å²) < 4.78 is 26.9. The van der Waals surface area contributed by atoms with Crippen LogP contribution >= 0.6 is 0 Å². The zero-order chi connectivity index (χ0) is 33.8. The predicted octanol–water partition coefficient (Wildman–Crippen LogP) is 0.184. The molecule has 47 heavy (non-hydrogen) atoms. The second-order valence-electron chi connectivity index (χ2n) is 12.0. The van der Waals surface area contributed by atoms with Crippen LogP contribution in [0.1, 0.15) is 66.1 Å². The van der Waals surface area contributed by atoms with E-state index in [2.05, 4.69) is 16.0 Å². The lowest BCUT2D eigenvalue weighted by molar-refractivity contribution is -0.172. The lowest BCUT2D eigenvalue weighted by atomic mass is 9.81. The number of nitrogens with one attached hydrogen (secondary N) is 3. The molecule has 0 spiro atoms. The minimum atomic E-state index is -2.01. The van der Waals surface area contributed by atoms with E-state index in [0.717, 1.165) is 5.56 Å². The molecule has 4 heterocycles. The number of ether oxygens (including phenoxy) is 2. The standard InChI is InChI=1S/C32H35FN6O8/c1-4-32(45)19-7-23-28-17(10-39(23)30(43)18(19)11-47-31(32)44)27-21(6-5-16-14(2)20(33)8-22(37-28)26(16)27)38-29(42)15(3)36-25(41)12-46-13-35-24(40)9-34/h7-8,15,21,45H,4-6,9-13,34H2,1-3H3,(H,35,40)(H,36,41)(H,38,42)/t15-,21-,32-/m0/s1. The summed E-state index contributed by atoms with van der Waals surface area (Å²) in [5, 5.41) is 19.9. The summed E-state index contributed by atoms with van der Waals surface area (Å²) in [4.78, 5) is 68.2. The van der Waals surface area contributed by atoms with E-state index in [0.29, 0.717) is 51.8 Å². The second kappa shape index (κ2) is 12.1. The summed E-state index contributed by atoms with van der Waals surface area (Å²) >= 11 is 0. The average Bonchev–Trinajstić information content (AvgIpc) is 3.42. The third-order valence-corrected chi connectivity index (χ3v) is 9.26. The van der Waals surface area contributed by atoms with Crippen LogP contribution < -0.4 is 27.2 Å². The van der Waals surface area contributed by atoms with Crippen LogP contribution in [0.15, 0.2) is 16.9 Å². The van der Waals surface area contributed by atoms with Gasteiger partial charge in [-0.25, -0.2) is 14.2 Å². The summed E-state index contributed by atoms with van der Waals surface area (Å²) in [5.74, 6) is -2.77. The van der Waals surface area contributed by atoms with Gasteiger partial charge in [0.2, 0.25) is 17.7 Å². The van der Waals surface area contributed by atoms with Crippen LogP contribution in [-0.4, -0.2) is 64.3 Å². The molecule has 0 saturated carbocycles. The predicted molar refractivity (Wildman–Crippen MR) is 164 cm³/mol. The quantitative estimate of drug-likeness (QED) is 0.0945. The van der Waals surface area contributed by atoms with Gasteiger partial charge in [0.25, 0.3) is 5.56 Å². The van der Waals surface area contributed by atoms with Crippen molar-refractivity contribution in [2.24, 2.45) is 5.73 Å². The number of cyclic esters (lactones) is 1. The van der Waals surface area contributed by atoms with E-state index in [1.165, 1.54) is 17.6 Å². The molecular weight excluding hydrogens is 615 g/mol. The summed E-state index contributed by atoms with van der Waals surface area (Å²) in [6, 6.07) is 1.39. The maximum atomic E-state index is 15.2. The Balaban J connectivity index is 1.35. The van der Waals surface area contributed by atoms with Crippen molar-refractivity contribution < 1.29 is 38.1 Å². The number of benzene rings is 1. The monoisotopic (exact) mass is 650 g/mol. The van der Waals surface area contributed by atoms with E-state index < -0.39 is 59.4 Å². The van der Waals surface area contributed by atoms with E-state index in [4.69, 9.17) is 20.2 Å². The number of aryl methyl sites for hydroxylation is 1. The lowest BCUT2D eigenvalue weighted by Crippen LogP contribution is -2.47. The number of nitrogens with zero attached hydrogens (tertiary/aromatic N) is 2. The molecule has 3 aliphatic rings. The minimum Gasteiger partial charge on any atom is -0.458 e. The summed E-state index contributed by atoms with van der Waals surface area (Å²) in [6.45, 7) is 3.81. The van der Waals surface area contributed by atoms with Crippen molar-refractivity contribution >= 4 is 34.6 Å². The highest BCUT2D eigenvalue weighted by Gasteiger charge is 2.46. The third kappa shape index (κ3) is 5.33. The fraction of sp³-hybridized carbons (Fsp3) is 0.438. The molecule has 1 aromatic carbocycles. The number of hydrogen-bond acceptors (Lipinski definition) is 10. The number of carbonyl (C=O) groups excluding carboxylic acids is 4. The number of aliphatic hydroxyl groups is 1. The summed E-state index contributed by atoms with van der Waals surface area (Å²) in [5.41, 5.74) is 6.78. The number of esters is 1. The molecule has 0 bridgehead atoms. The van der Waals surface area contributed by atoms with Gasteiger partial charge < -0.3 is 40.8 Å². The molecule has 6 N–H and O–H groups in total. The number of rotatable bonds is 9. The molecule has 0 saturated heterocycles. The molecule has 0 radical (unpaired) electrons. The van der Waals surface area contributed by atoms with Gasteiger partial charge in [-0.2, -0.15) is 0 Å². The third-order valence-electron chi connectivity index (χ3n) is 9.26. The Labute approximate surface area is 267 Å². The number of aromatic nitrogens is 2. The number of amides is 3. The first-order valence-electron chi connectivity index (χ1n) is 15.3. The molecule has 6 rings (SSSR count). The van der Waals surface area contributed by atoms with Crippen molar-refractivity contribution in [3.63, 3.8) is 0 Å². The van der Waals surface area contributed by atoms with Crippen molar-refractivity contribution in [1.82, 2.24) is 25.5 Å². The summed E-state index contributed by atoms with van der Waals surface area (Å²) in [7, 11) is 0. The number of hydrogen-bond donors (Lipinski definition) is 5. The van der Waals surface area contributed by atoms with Gasteiger partial charge in [0.15, 0.2) is 5.60 Å². The Morgan fingerprint density at radius 3 is 2.72 bits per heavy atom. The van der Waals surface area contributed by atoms with Gasteiger partial charge in [-0.1, -0.05) is 6.92 Å². The number of halogens is 1. The van der Waals surface area contributed by atoms with Crippen LogP contribution in [0.4, 0.5) is 4.39 Å². The van der Waals surface area contributed by atoms with Crippen molar-refractivity contribution in [2.45, 2.75) is 70.9 Å². The average molecular weight is 651 g/mol. The van der Waals surface area contributed by atoms with Gasteiger partial charge >= 0.3 is 5.97 Å². The highest BCUT2D eigenvalue weighted by Crippen LogP contribution is 2.45. The van der Waals surface area contributed by atoms with Gasteiger partial charge in [-0.05, 0) is 55.9 Å². The van der Waals surface area contributed by atoms with Crippen LogP contribution in [0, 0.1) is 12.7 Å². The number of fused-ring (bicyclic) bond motifs is 5. The highest BCUT2D eigenvalue weighted by molar-refractivity contribution is 5.94. The fourth-order valence-electron chi connectivity index (χ4n) is 6.69. The topological polar surface area (TPSA) is 204 Å². The highest BCUT2D eigenvalue weighted by atomic mass is 19.1. The Bertz CT molecular complexity index is 1930. The zero-order valence-electron chi connectivity index (χ0n) is 26.1. The lowest BCUT2D eigenvalue weighted by Gasteiger charge is -2.31. The first-order chi connectivity index (χ1) is 22.4. The molecule has 14 nitrogen and oxygen atoms in total. The normalized spacial score (nSPS) is 19.7. The SMILES string of the molecule is CC[C@@]1(O)C(=O)OCc2c1cc1n(c2=O)Cc2c-1nc1cc(F)c(C)c3c1c2[C@@H](NC(=O)[C@H](C)NC(=O)COCNC(=O)CN)CC3. The Kier molecular flexibility index (Phi) is 8.32. The van der Waals surface area contributed by atoms with E-state index >= 15 is 4.39 Å². The van der Waals surface area contributed by atoms with Crippen LogP contribution in [0.25, 0.3) is 22.3 Å². The van der Waals surface area contributed by atoms with E-state index in [1.807, 2.05) is 0 Å². The second-order valence-corrected chi connectivity index (χ2v) is 12.0. The number of carbonyl (C=O) groups is 4. The molecule has 2 aliphatic heterocycles. The van der Waals surface area contributed by atoms with Crippen LogP contribution in [0.5, 0.6) is 0 Å². The molecule has 3 aromatic rings. The van der Waals surface area contributed by atoms with Crippen molar-refractivity contribution in [3.8, 4) is 11.4 Å². The molecule has 3 amide bonds. The molecule has 0 unspecified atom stereocenters. The van der Waals surface area contributed by atoms with E-state index in [1.54, 1.807) is 19.9 Å². The molecule has 3 atom stereocenters. The first-order valence-corrected chi connectivity index (χ1v) is 15.3. The molecule has 2 aromatic heterocycles. The minimum absolute atomic E-state index is 0.0152. The van der Waals surface area contributed by atoms with Crippen molar-refractivity contribution in [3.05, 3.63) is 61.7 Å². The zero-order valence-corrected chi connectivity index (χ0v) is 26.1. The van der Waals surface area contributed by atoms with E-state index in [9.17, 15) is 29.1 Å². The molecule has 248 valence electrons. The molecule has 1 aliphatic carbocycles. The van der Waals surface area contributed by atoms with Gasteiger partial charge in [0.05, 0.1) is 41.6 Å². The smallest absolute Gasteiger partial charge is 0.343 e. The van der Waals surface area contributed by atoms with Gasteiger partial charge in [0, 0.05) is 22.6 Å². The van der Waals surface area contributed by atoms with Crippen LogP contribution in [0.3, 0.4) is 0 Å². The summed E-state index contributed by atoms with van der Waals surface area (Å²) in [6.07, 6.45) is 0.850. The maximum absolute atomic E-state index is 15.2.